The maximum absolute atomic E-state index is 12.6. The zero-order valence-corrected chi connectivity index (χ0v) is 16.8. The second-order valence-electron chi connectivity index (χ2n) is 6.95. The fraction of sp³-hybridized carbons (Fsp3) is 0.391. The molecule has 1 N–H and O–H groups in total. The highest BCUT2D eigenvalue weighted by atomic mass is 32.2. The van der Waals surface area contributed by atoms with Crippen LogP contribution in [0.15, 0.2) is 58.3 Å². The minimum absolute atomic E-state index is 0.0878. The van der Waals surface area contributed by atoms with Crippen molar-refractivity contribution in [2.24, 2.45) is 0 Å². The van der Waals surface area contributed by atoms with E-state index < -0.39 is 0 Å². The molecule has 0 spiro atoms. The Labute approximate surface area is 171 Å². The van der Waals surface area contributed by atoms with Crippen molar-refractivity contribution in [2.45, 2.75) is 54.4 Å². The van der Waals surface area contributed by atoms with Gasteiger partial charge in [-0.05, 0) is 43.5 Å². The van der Waals surface area contributed by atoms with Crippen LogP contribution in [-0.2, 0) is 4.74 Å². The number of carbonyl (C=O) groups is 1. The number of nitrogens with one attached hydrogen (secondary N) is 1. The van der Waals surface area contributed by atoms with Crippen LogP contribution in [0.5, 0.6) is 0 Å². The number of amides is 1. The molecule has 0 aliphatic heterocycles. The van der Waals surface area contributed by atoms with Gasteiger partial charge in [-0.1, -0.05) is 55.3 Å². The molecule has 0 atom stereocenters. The first-order chi connectivity index (χ1) is 13.8. The standard InChI is InChI=1S/C23H26N2O2S/c24-17-18-9-4-6-13-21(18)28-22-14-7-5-12-20(22)23(26)25-15-8-16-27-19-10-2-1-3-11-19/h4-7,9,12-14,19H,1-3,8,10-11,15-16H2,(H,25,26). The highest BCUT2D eigenvalue weighted by Crippen LogP contribution is 2.32. The quantitative estimate of drug-likeness (QED) is 0.627. The summed E-state index contributed by atoms with van der Waals surface area (Å²) in [6.07, 6.45) is 7.42. The van der Waals surface area contributed by atoms with Crippen LogP contribution >= 0.6 is 11.8 Å². The third-order valence-corrected chi connectivity index (χ3v) is 6.02. The molecule has 28 heavy (non-hydrogen) atoms. The molecule has 5 heteroatoms. The molecule has 1 fully saturated rings. The molecular weight excluding hydrogens is 368 g/mol. The van der Waals surface area contributed by atoms with E-state index in [1.54, 1.807) is 6.07 Å². The largest absolute Gasteiger partial charge is 0.378 e. The van der Waals surface area contributed by atoms with Crippen molar-refractivity contribution in [2.75, 3.05) is 13.2 Å². The van der Waals surface area contributed by atoms with Crippen LogP contribution in [0.2, 0.25) is 0 Å². The summed E-state index contributed by atoms with van der Waals surface area (Å²) in [5.41, 5.74) is 1.25. The first kappa shape index (κ1) is 20.4. The second-order valence-corrected chi connectivity index (χ2v) is 8.03. The lowest BCUT2D eigenvalue weighted by Gasteiger charge is -2.21. The summed E-state index contributed by atoms with van der Waals surface area (Å²) in [5.74, 6) is -0.0878. The van der Waals surface area contributed by atoms with Crippen LogP contribution in [0, 0.1) is 11.3 Å². The molecule has 0 heterocycles. The topological polar surface area (TPSA) is 62.1 Å². The van der Waals surface area contributed by atoms with Gasteiger partial charge >= 0.3 is 0 Å². The van der Waals surface area contributed by atoms with E-state index in [4.69, 9.17) is 4.74 Å². The molecule has 1 amide bonds. The third-order valence-electron chi connectivity index (χ3n) is 4.87. The van der Waals surface area contributed by atoms with Crippen molar-refractivity contribution < 1.29 is 9.53 Å². The number of nitrogens with zero attached hydrogens (tertiary/aromatic N) is 1. The number of ether oxygens (including phenoxy) is 1. The number of hydrogen-bond donors (Lipinski definition) is 1. The number of nitriles is 1. The maximum Gasteiger partial charge on any atom is 0.252 e. The fourth-order valence-corrected chi connectivity index (χ4v) is 4.39. The van der Waals surface area contributed by atoms with E-state index in [1.807, 2.05) is 42.5 Å². The van der Waals surface area contributed by atoms with Crippen LogP contribution in [0.3, 0.4) is 0 Å². The van der Waals surface area contributed by atoms with Gasteiger partial charge in [-0.15, -0.1) is 0 Å². The lowest BCUT2D eigenvalue weighted by atomic mass is 9.98. The van der Waals surface area contributed by atoms with Gasteiger partial charge in [0.15, 0.2) is 0 Å². The van der Waals surface area contributed by atoms with E-state index in [9.17, 15) is 10.1 Å². The average Bonchev–Trinajstić information content (AvgIpc) is 2.75. The van der Waals surface area contributed by atoms with E-state index in [-0.39, 0.29) is 5.91 Å². The van der Waals surface area contributed by atoms with E-state index >= 15 is 0 Å². The maximum atomic E-state index is 12.6. The molecule has 1 aliphatic carbocycles. The molecule has 0 saturated heterocycles. The molecular formula is C23H26N2O2S. The van der Waals surface area contributed by atoms with Gasteiger partial charge in [0.05, 0.1) is 17.2 Å². The summed E-state index contributed by atoms with van der Waals surface area (Å²) >= 11 is 1.45. The third kappa shape index (κ3) is 5.85. The fourth-order valence-electron chi connectivity index (χ4n) is 3.36. The van der Waals surface area contributed by atoms with Crippen LogP contribution in [0.1, 0.15) is 54.4 Å². The van der Waals surface area contributed by atoms with Crippen molar-refractivity contribution in [3.63, 3.8) is 0 Å². The van der Waals surface area contributed by atoms with E-state index in [0.717, 1.165) is 16.2 Å². The smallest absolute Gasteiger partial charge is 0.252 e. The lowest BCUT2D eigenvalue weighted by Crippen LogP contribution is -2.26. The minimum atomic E-state index is -0.0878. The van der Waals surface area contributed by atoms with E-state index in [1.165, 1.54) is 43.9 Å². The number of rotatable bonds is 8. The van der Waals surface area contributed by atoms with Crippen LogP contribution < -0.4 is 5.32 Å². The van der Waals surface area contributed by atoms with Gasteiger partial charge in [0.1, 0.15) is 6.07 Å². The van der Waals surface area contributed by atoms with Crippen molar-refractivity contribution in [1.29, 1.82) is 5.26 Å². The second kappa shape index (κ2) is 10.9. The van der Waals surface area contributed by atoms with Crippen molar-refractivity contribution >= 4 is 17.7 Å². The van der Waals surface area contributed by atoms with Crippen LogP contribution in [0.25, 0.3) is 0 Å². The molecule has 0 unspecified atom stereocenters. The Morgan fingerprint density at radius 2 is 1.79 bits per heavy atom. The van der Waals surface area contributed by atoms with Gasteiger partial charge in [-0.3, -0.25) is 4.79 Å². The summed E-state index contributed by atoms with van der Waals surface area (Å²) < 4.78 is 5.91. The van der Waals surface area contributed by atoms with Gasteiger partial charge in [0.25, 0.3) is 5.91 Å². The molecule has 4 nitrogen and oxygen atoms in total. The van der Waals surface area contributed by atoms with Gasteiger partial charge in [-0.25, -0.2) is 0 Å². The van der Waals surface area contributed by atoms with Gasteiger partial charge in [0, 0.05) is 22.9 Å². The van der Waals surface area contributed by atoms with Crippen LogP contribution in [-0.4, -0.2) is 25.2 Å². The SMILES string of the molecule is N#Cc1ccccc1Sc1ccccc1C(=O)NCCCOC1CCCCC1. The molecule has 146 valence electrons. The molecule has 3 rings (SSSR count). The predicted octanol–water partition coefficient (Wildman–Crippen LogP) is 5.18. The number of hydrogen-bond acceptors (Lipinski definition) is 4. The first-order valence-corrected chi connectivity index (χ1v) is 10.8. The Bertz CT molecular complexity index is 825. The first-order valence-electron chi connectivity index (χ1n) is 9.94. The van der Waals surface area contributed by atoms with Gasteiger partial charge in [-0.2, -0.15) is 5.26 Å². The molecule has 0 bridgehead atoms. The van der Waals surface area contributed by atoms with Crippen molar-refractivity contribution in [1.82, 2.24) is 5.32 Å². The minimum Gasteiger partial charge on any atom is -0.378 e. The average molecular weight is 395 g/mol. The summed E-state index contributed by atoms with van der Waals surface area (Å²) in [5, 5.41) is 12.3. The Kier molecular flexibility index (Phi) is 7.95. The Morgan fingerprint density at radius 3 is 2.57 bits per heavy atom. The van der Waals surface area contributed by atoms with E-state index in [0.29, 0.717) is 30.4 Å². The predicted molar refractivity (Wildman–Crippen MR) is 111 cm³/mol. The van der Waals surface area contributed by atoms with Gasteiger partial charge in [0.2, 0.25) is 0 Å². The normalized spacial score (nSPS) is 14.4. The highest BCUT2D eigenvalue weighted by Gasteiger charge is 2.15. The summed E-state index contributed by atoms with van der Waals surface area (Å²) in [7, 11) is 0. The van der Waals surface area contributed by atoms with Gasteiger partial charge < -0.3 is 10.1 Å². The molecule has 0 aromatic heterocycles. The lowest BCUT2D eigenvalue weighted by molar-refractivity contribution is 0.0273. The number of benzene rings is 2. The molecule has 1 saturated carbocycles. The summed E-state index contributed by atoms with van der Waals surface area (Å²) in [6, 6.07) is 17.2. The zero-order chi connectivity index (χ0) is 19.6. The molecule has 0 radical (unpaired) electrons. The zero-order valence-electron chi connectivity index (χ0n) is 16.0. The Hall–Kier alpha value is -2.29. The Morgan fingerprint density at radius 1 is 1.07 bits per heavy atom. The summed E-state index contributed by atoms with van der Waals surface area (Å²) in [6.45, 7) is 1.29. The number of carbonyl (C=O) groups excluding carboxylic acids is 1. The van der Waals surface area contributed by atoms with Crippen LogP contribution in [0.4, 0.5) is 0 Å². The Balaban J connectivity index is 1.52. The van der Waals surface area contributed by atoms with E-state index in [2.05, 4.69) is 11.4 Å². The molecule has 2 aromatic rings. The summed E-state index contributed by atoms with van der Waals surface area (Å²) in [4.78, 5) is 14.3. The van der Waals surface area contributed by atoms with Crippen molar-refractivity contribution in [3.05, 3.63) is 59.7 Å². The molecule has 1 aliphatic rings. The highest BCUT2D eigenvalue weighted by molar-refractivity contribution is 7.99. The monoisotopic (exact) mass is 394 g/mol. The van der Waals surface area contributed by atoms with Crippen molar-refractivity contribution in [3.8, 4) is 6.07 Å². The molecule has 2 aromatic carbocycles.